The number of benzene rings is 3. The van der Waals surface area contributed by atoms with E-state index < -0.39 is 65.8 Å². The first-order valence-corrected chi connectivity index (χ1v) is 19.8. The van der Waals surface area contributed by atoms with E-state index in [1.54, 1.807) is 13.8 Å². The maximum atomic E-state index is 14.3. The molecule has 0 spiro atoms. The number of carbonyl (C=O) groups excluding carboxylic acids is 6. The van der Waals surface area contributed by atoms with E-state index in [4.69, 9.17) is 4.74 Å². The number of nitrogens with zero attached hydrogens (tertiary/aromatic N) is 1. The van der Waals surface area contributed by atoms with E-state index in [0.29, 0.717) is 12.8 Å². The van der Waals surface area contributed by atoms with Crippen LogP contribution >= 0.6 is 0 Å². The van der Waals surface area contributed by atoms with E-state index in [1.807, 2.05) is 105 Å². The Bertz CT molecular complexity index is 1770. The van der Waals surface area contributed by atoms with E-state index in [2.05, 4.69) is 26.6 Å². The van der Waals surface area contributed by atoms with Gasteiger partial charge >= 0.3 is 6.09 Å². The fraction of sp³-hybridized carbons (Fsp3) is 0.455. The minimum absolute atomic E-state index is 0.00732. The summed E-state index contributed by atoms with van der Waals surface area (Å²) in [6.45, 7) is 7.85. The Hall–Kier alpha value is -5.72. The van der Waals surface area contributed by atoms with Gasteiger partial charge < -0.3 is 36.2 Å². The van der Waals surface area contributed by atoms with Crippen LogP contribution in [0.25, 0.3) is 0 Å². The largest absolute Gasteiger partial charge is 0.445 e. The third kappa shape index (κ3) is 14.1. The zero-order chi connectivity index (χ0) is 41.3. The molecule has 1 aliphatic rings. The molecule has 1 heterocycles. The van der Waals surface area contributed by atoms with Crippen molar-refractivity contribution in [2.45, 2.75) is 103 Å². The van der Waals surface area contributed by atoms with E-state index in [0.717, 1.165) is 16.7 Å². The molecule has 5 N–H and O–H groups in total. The molecule has 4 rings (SSSR count). The van der Waals surface area contributed by atoms with Crippen LogP contribution in [0.5, 0.6) is 0 Å². The van der Waals surface area contributed by atoms with Gasteiger partial charge in [-0.1, -0.05) is 119 Å². The number of alkyl carbamates (subject to hydrolysis) is 1. The summed E-state index contributed by atoms with van der Waals surface area (Å²) in [6, 6.07) is 22.5. The maximum Gasteiger partial charge on any atom is 0.407 e. The van der Waals surface area contributed by atoms with Crippen molar-refractivity contribution in [3.8, 4) is 0 Å². The summed E-state index contributed by atoms with van der Waals surface area (Å²) in [7, 11) is 1.53. The highest BCUT2D eigenvalue weighted by molar-refractivity contribution is 5.98. The molecule has 6 amide bonds. The lowest BCUT2D eigenvalue weighted by Gasteiger charge is -2.33. The van der Waals surface area contributed by atoms with E-state index in [9.17, 15) is 28.8 Å². The topological polar surface area (TPSA) is 175 Å². The third-order valence-electron chi connectivity index (χ3n) is 9.91. The average molecular weight is 783 g/mol. The van der Waals surface area contributed by atoms with E-state index >= 15 is 0 Å². The van der Waals surface area contributed by atoms with Crippen molar-refractivity contribution in [3.05, 3.63) is 108 Å². The Morgan fingerprint density at radius 1 is 0.649 bits per heavy atom. The van der Waals surface area contributed by atoms with Crippen LogP contribution in [-0.2, 0) is 48.2 Å². The number of carbonyl (C=O) groups is 6. The van der Waals surface area contributed by atoms with Crippen LogP contribution in [0.1, 0.15) is 70.1 Å². The average Bonchev–Trinajstić information content (AvgIpc) is 3.19. The highest BCUT2D eigenvalue weighted by atomic mass is 16.5. The van der Waals surface area contributed by atoms with Gasteiger partial charge in [-0.25, -0.2) is 4.79 Å². The van der Waals surface area contributed by atoms with Crippen molar-refractivity contribution in [1.82, 2.24) is 31.5 Å². The molecule has 1 fully saturated rings. The molecule has 0 bridgehead atoms. The number of hydrogen-bond acceptors (Lipinski definition) is 7. The molecule has 1 aliphatic heterocycles. The molecule has 57 heavy (non-hydrogen) atoms. The molecule has 0 aromatic heterocycles. The lowest BCUT2D eigenvalue weighted by atomic mass is 9.97. The summed E-state index contributed by atoms with van der Waals surface area (Å²) in [6.07, 6.45) is 1.02. The normalized spacial score (nSPS) is 21.1. The smallest absolute Gasteiger partial charge is 0.407 e. The number of ether oxygens (including phenoxy) is 1. The third-order valence-corrected chi connectivity index (χ3v) is 9.91. The second-order valence-electron chi connectivity index (χ2n) is 15.4. The Kier molecular flexibility index (Phi) is 17.1. The quantitative estimate of drug-likeness (QED) is 0.153. The SMILES string of the molecule is CC(C)C[C@@H]1NC(=O)[C@H](CCCCNC(=O)OCc2ccccc2)NC(=O)[C@@H](Cc2ccccc2)NC(=O)[C@H](Cc2ccccc2)N(C)C(=O)[C@H](C(C)C)NC1=O. The molecular formula is C44H58N6O7. The fourth-order valence-corrected chi connectivity index (χ4v) is 6.66. The second kappa shape index (κ2) is 22.1. The Morgan fingerprint density at radius 2 is 1.16 bits per heavy atom. The zero-order valence-electron chi connectivity index (χ0n) is 33.7. The molecule has 0 radical (unpaired) electrons. The molecule has 3 aromatic rings. The van der Waals surface area contributed by atoms with Crippen molar-refractivity contribution in [1.29, 1.82) is 0 Å². The van der Waals surface area contributed by atoms with Gasteiger partial charge in [-0.05, 0) is 54.2 Å². The molecule has 0 saturated carbocycles. The molecule has 0 unspecified atom stereocenters. The van der Waals surface area contributed by atoms with Crippen molar-refractivity contribution in [3.63, 3.8) is 0 Å². The number of rotatable bonds is 14. The molecule has 13 heteroatoms. The van der Waals surface area contributed by atoms with E-state index in [1.165, 1.54) is 11.9 Å². The lowest BCUT2D eigenvalue weighted by Crippen LogP contribution is -2.59. The van der Waals surface area contributed by atoms with Crippen LogP contribution in [0.15, 0.2) is 91.0 Å². The minimum atomic E-state index is -1.12. The van der Waals surface area contributed by atoms with Gasteiger partial charge in [0.15, 0.2) is 0 Å². The summed E-state index contributed by atoms with van der Waals surface area (Å²) >= 11 is 0. The zero-order valence-corrected chi connectivity index (χ0v) is 33.7. The lowest BCUT2D eigenvalue weighted by molar-refractivity contribution is -0.143. The van der Waals surface area contributed by atoms with Crippen LogP contribution in [0.2, 0.25) is 0 Å². The van der Waals surface area contributed by atoms with Gasteiger partial charge in [-0.15, -0.1) is 0 Å². The molecule has 3 aromatic carbocycles. The van der Waals surface area contributed by atoms with Gasteiger partial charge in [0, 0.05) is 26.4 Å². The van der Waals surface area contributed by atoms with Gasteiger partial charge in [0.05, 0.1) is 0 Å². The molecule has 306 valence electrons. The summed E-state index contributed by atoms with van der Waals surface area (Å²) < 4.78 is 5.29. The number of hydrogen-bond donors (Lipinski definition) is 5. The Morgan fingerprint density at radius 3 is 1.74 bits per heavy atom. The Labute approximate surface area is 336 Å². The van der Waals surface area contributed by atoms with Gasteiger partial charge in [-0.3, -0.25) is 24.0 Å². The number of unbranched alkanes of at least 4 members (excludes halogenated alkanes) is 1. The summed E-state index contributed by atoms with van der Waals surface area (Å²) in [4.78, 5) is 84.6. The summed E-state index contributed by atoms with van der Waals surface area (Å²) in [5.41, 5.74) is 2.43. The predicted octanol–water partition coefficient (Wildman–Crippen LogP) is 4.05. The molecule has 5 atom stereocenters. The number of nitrogens with one attached hydrogen (secondary N) is 5. The van der Waals surface area contributed by atoms with Gasteiger partial charge in [0.2, 0.25) is 29.5 Å². The summed E-state index contributed by atoms with van der Waals surface area (Å²) in [5, 5.41) is 14.3. The standard InChI is InChI=1S/C44H58N6O7/c1-29(2)25-35-41(53)49-38(30(3)4)43(55)50(5)37(27-32-19-11-7-12-20-32)42(54)48-36(26-31-17-9-6-10-18-31)40(52)46-34(39(51)47-35)23-15-16-24-45-44(56)57-28-33-21-13-8-14-22-33/h6-14,17-22,29-30,34-38H,15-16,23-28H2,1-5H3,(H,45,56)(H,46,52)(H,47,51)(H,48,54)(H,49,53)/t34-,35-,36+,37-,38-/m0/s1. The second-order valence-corrected chi connectivity index (χ2v) is 15.4. The van der Waals surface area contributed by atoms with Crippen molar-refractivity contribution in [2.75, 3.05) is 13.6 Å². The van der Waals surface area contributed by atoms with Crippen molar-refractivity contribution < 1.29 is 33.5 Å². The predicted molar refractivity (Wildman–Crippen MR) is 217 cm³/mol. The molecule has 13 nitrogen and oxygen atoms in total. The van der Waals surface area contributed by atoms with Crippen molar-refractivity contribution in [2.24, 2.45) is 11.8 Å². The van der Waals surface area contributed by atoms with E-state index in [-0.39, 0.29) is 50.7 Å². The molecule has 1 saturated heterocycles. The van der Waals surface area contributed by atoms with Crippen LogP contribution in [0, 0.1) is 11.8 Å². The van der Waals surface area contributed by atoms with Crippen LogP contribution in [-0.4, -0.2) is 84.3 Å². The maximum absolute atomic E-state index is 14.3. The van der Waals surface area contributed by atoms with Crippen molar-refractivity contribution >= 4 is 35.6 Å². The first-order valence-electron chi connectivity index (χ1n) is 19.8. The van der Waals surface area contributed by atoms with Gasteiger partial charge in [0.1, 0.15) is 36.8 Å². The van der Waals surface area contributed by atoms with Crippen LogP contribution < -0.4 is 26.6 Å². The molecular weight excluding hydrogens is 725 g/mol. The Balaban J connectivity index is 1.62. The summed E-state index contributed by atoms with van der Waals surface area (Å²) in [5.74, 6) is -3.11. The first-order chi connectivity index (χ1) is 27.3. The first kappa shape index (κ1) is 44.0. The monoisotopic (exact) mass is 782 g/mol. The minimum Gasteiger partial charge on any atom is -0.445 e. The van der Waals surface area contributed by atoms with Crippen LogP contribution in [0.4, 0.5) is 4.79 Å². The number of likely N-dealkylation sites (N-methyl/N-ethyl adjacent to an activating group) is 1. The highest BCUT2D eigenvalue weighted by Gasteiger charge is 2.38. The van der Waals surface area contributed by atoms with Gasteiger partial charge in [-0.2, -0.15) is 0 Å². The number of amides is 6. The van der Waals surface area contributed by atoms with Gasteiger partial charge in [0.25, 0.3) is 0 Å². The van der Waals surface area contributed by atoms with Crippen LogP contribution in [0.3, 0.4) is 0 Å². The highest BCUT2D eigenvalue weighted by Crippen LogP contribution is 2.16. The molecule has 0 aliphatic carbocycles. The fourth-order valence-electron chi connectivity index (χ4n) is 6.66.